The van der Waals surface area contributed by atoms with Crippen LogP contribution in [0.25, 0.3) is 0 Å². The van der Waals surface area contributed by atoms with E-state index < -0.39 is 0 Å². The topological polar surface area (TPSA) is 25.2 Å². The van der Waals surface area contributed by atoms with Crippen molar-refractivity contribution in [1.82, 2.24) is 0 Å². The lowest BCUT2D eigenvalue weighted by Gasteiger charge is -2.18. The van der Waals surface area contributed by atoms with Crippen LogP contribution in [0, 0.1) is 5.82 Å². The molecule has 2 aromatic carbocycles. The van der Waals surface area contributed by atoms with E-state index in [9.17, 15) is 4.39 Å². The number of nitrogens with one attached hydrogen (secondary N) is 1. The Balaban J connectivity index is 1.97. The molecule has 0 fully saturated rings. The van der Waals surface area contributed by atoms with E-state index in [1.54, 1.807) is 12.3 Å². The third-order valence-electron chi connectivity index (χ3n) is 3.13. The van der Waals surface area contributed by atoms with Gasteiger partial charge in [-0.05, 0) is 35.9 Å². The van der Waals surface area contributed by atoms with Crippen molar-refractivity contribution < 1.29 is 8.81 Å². The van der Waals surface area contributed by atoms with Gasteiger partial charge in [-0.1, -0.05) is 41.9 Å². The van der Waals surface area contributed by atoms with Crippen LogP contribution in [0.4, 0.5) is 10.1 Å². The average Bonchev–Trinajstić information content (AvgIpc) is 2.98. The van der Waals surface area contributed by atoms with Gasteiger partial charge in [0, 0.05) is 10.7 Å². The molecule has 0 aliphatic carbocycles. The Morgan fingerprint density at radius 3 is 2.48 bits per heavy atom. The van der Waals surface area contributed by atoms with Gasteiger partial charge < -0.3 is 9.73 Å². The van der Waals surface area contributed by atoms with Gasteiger partial charge in [0.15, 0.2) is 0 Å². The quantitative estimate of drug-likeness (QED) is 0.710. The summed E-state index contributed by atoms with van der Waals surface area (Å²) in [6, 6.07) is 17.7. The largest absolute Gasteiger partial charge is 0.467 e. The molecule has 0 bridgehead atoms. The summed E-state index contributed by atoms with van der Waals surface area (Å²) in [5.41, 5.74) is 1.62. The molecule has 1 atom stereocenters. The highest BCUT2D eigenvalue weighted by Gasteiger charge is 2.17. The molecule has 21 heavy (non-hydrogen) atoms. The third-order valence-corrected chi connectivity index (χ3v) is 3.35. The SMILES string of the molecule is Fc1cc(Cl)cc(NC(c2ccccc2)c2ccco2)c1. The standard InChI is InChI=1S/C17H13ClFNO/c18-13-9-14(19)11-15(10-13)20-17(16-7-4-8-21-16)12-5-2-1-3-6-12/h1-11,17,20H. The third kappa shape index (κ3) is 3.26. The summed E-state index contributed by atoms with van der Waals surface area (Å²) in [6.07, 6.45) is 1.62. The first kappa shape index (κ1) is 13.7. The van der Waals surface area contributed by atoms with Crippen LogP contribution < -0.4 is 5.32 Å². The molecule has 3 aromatic rings. The highest BCUT2D eigenvalue weighted by atomic mass is 35.5. The van der Waals surface area contributed by atoms with Crippen molar-refractivity contribution >= 4 is 17.3 Å². The maximum atomic E-state index is 13.5. The van der Waals surface area contributed by atoms with Crippen LogP contribution in [0.2, 0.25) is 5.02 Å². The smallest absolute Gasteiger partial charge is 0.130 e. The molecule has 1 heterocycles. The summed E-state index contributed by atoms with van der Waals surface area (Å²) in [5.74, 6) is 0.373. The molecule has 4 heteroatoms. The molecule has 3 rings (SSSR count). The normalized spacial score (nSPS) is 12.1. The second kappa shape index (κ2) is 6.02. The Kier molecular flexibility index (Phi) is 3.93. The molecule has 0 radical (unpaired) electrons. The van der Waals surface area contributed by atoms with Gasteiger partial charge in [0.1, 0.15) is 17.6 Å². The molecule has 0 amide bonds. The lowest BCUT2D eigenvalue weighted by molar-refractivity contribution is 0.499. The Morgan fingerprint density at radius 1 is 1.00 bits per heavy atom. The van der Waals surface area contributed by atoms with Crippen molar-refractivity contribution in [2.45, 2.75) is 6.04 Å². The minimum Gasteiger partial charge on any atom is -0.467 e. The van der Waals surface area contributed by atoms with E-state index in [0.717, 1.165) is 11.3 Å². The van der Waals surface area contributed by atoms with Gasteiger partial charge >= 0.3 is 0 Å². The predicted octanol–water partition coefficient (Wildman–Crippen LogP) is 5.27. The van der Waals surface area contributed by atoms with Gasteiger partial charge in [-0.25, -0.2) is 4.39 Å². The van der Waals surface area contributed by atoms with Crippen LogP contribution >= 0.6 is 11.6 Å². The fraction of sp³-hybridized carbons (Fsp3) is 0.0588. The number of halogens is 2. The van der Waals surface area contributed by atoms with Crippen LogP contribution in [0.3, 0.4) is 0 Å². The van der Waals surface area contributed by atoms with Crippen LogP contribution in [0.15, 0.2) is 71.3 Å². The summed E-state index contributed by atoms with van der Waals surface area (Å²) in [5, 5.41) is 3.61. The fourth-order valence-electron chi connectivity index (χ4n) is 2.22. The van der Waals surface area contributed by atoms with E-state index in [4.69, 9.17) is 16.0 Å². The first-order valence-corrected chi connectivity index (χ1v) is 6.91. The van der Waals surface area contributed by atoms with Crippen molar-refractivity contribution in [1.29, 1.82) is 0 Å². The molecule has 2 nitrogen and oxygen atoms in total. The first-order valence-electron chi connectivity index (χ1n) is 6.53. The highest BCUT2D eigenvalue weighted by molar-refractivity contribution is 6.30. The highest BCUT2D eigenvalue weighted by Crippen LogP contribution is 2.28. The predicted molar refractivity (Wildman–Crippen MR) is 82.0 cm³/mol. The van der Waals surface area contributed by atoms with Gasteiger partial charge in [-0.3, -0.25) is 0 Å². The van der Waals surface area contributed by atoms with E-state index in [2.05, 4.69) is 5.32 Å². The number of hydrogen-bond donors (Lipinski definition) is 1. The van der Waals surface area contributed by atoms with Gasteiger partial charge in [0.25, 0.3) is 0 Å². The number of hydrogen-bond acceptors (Lipinski definition) is 2. The Bertz CT molecular complexity index is 693. The van der Waals surface area contributed by atoms with E-state index in [1.165, 1.54) is 12.1 Å². The van der Waals surface area contributed by atoms with Crippen molar-refractivity contribution in [3.05, 3.63) is 89.1 Å². The Labute approximate surface area is 127 Å². The molecule has 1 N–H and O–H groups in total. The number of benzene rings is 2. The zero-order valence-corrected chi connectivity index (χ0v) is 11.8. The zero-order chi connectivity index (χ0) is 14.7. The molecular weight excluding hydrogens is 289 g/mol. The van der Waals surface area contributed by atoms with E-state index in [0.29, 0.717) is 10.7 Å². The van der Waals surface area contributed by atoms with Gasteiger partial charge in [0.2, 0.25) is 0 Å². The summed E-state index contributed by atoms with van der Waals surface area (Å²) < 4.78 is 19.0. The summed E-state index contributed by atoms with van der Waals surface area (Å²) >= 11 is 5.90. The number of rotatable bonds is 4. The van der Waals surface area contributed by atoms with Crippen LogP contribution in [-0.2, 0) is 0 Å². The summed E-state index contributed by atoms with van der Waals surface area (Å²) in [7, 11) is 0. The molecule has 0 saturated carbocycles. The lowest BCUT2D eigenvalue weighted by atomic mass is 10.0. The average molecular weight is 302 g/mol. The summed E-state index contributed by atoms with van der Waals surface area (Å²) in [4.78, 5) is 0. The molecule has 0 aliphatic heterocycles. The second-order valence-corrected chi connectivity index (χ2v) is 5.10. The van der Waals surface area contributed by atoms with Gasteiger partial charge in [-0.2, -0.15) is 0 Å². The molecular formula is C17H13ClFNO. The summed E-state index contributed by atoms with van der Waals surface area (Å²) in [6.45, 7) is 0. The number of furan rings is 1. The van der Waals surface area contributed by atoms with E-state index in [1.807, 2.05) is 42.5 Å². The monoisotopic (exact) mass is 301 g/mol. The molecule has 0 saturated heterocycles. The van der Waals surface area contributed by atoms with Crippen molar-refractivity contribution in [3.63, 3.8) is 0 Å². The molecule has 106 valence electrons. The van der Waals surface area contributed by atoms with Crippen LogP contribution in [0.5, 0.6) is 0 Å². The fourth-order valence-corrected chi connectivity index (χ4v) is 2.45. The molecule has 0 aliphatic rings. The van der Waals surface area contributed by atoms with Crippen molar-refractivity contribution in [2.75, 3.05) is 5.32 Å². The van der Waals surface area contributed by atoms with Crippen molar-refractivity contribution in [3.8, 4) is 0 Å². The van der Waals surface area contributed by atoms with Crippen LogP contribution in [0.1, 0.15) is 17.4 Å². The second-order valence-electron chi connectivity index (χ2n) is 4.66. The minimum absolute atomic E-state index is 0.209. The first-order chi connectivity index (χ1) is 10.2. The molecule has 1 unspecified atom stereocenters. The number of anilines is 1. The van der Waals surface area contributed by atoms with Crippen LogP contribution in [-0.4, -0.2) is 0 Å². The van der Waals surface area contributed by atoms with E-state index >= 15 is 0 Å². The van der Waals surface area contributed by atoms with Crippen molar-refractivity contribution in [2.24, 2.45) is 0 Å². The maximum Gasteiger partial charge on any atom is 0.130 e. The Morgan fingerprint density at radius 2 is 1.81 bits per heavy atom. The Hall–Kier alpha value is -2.26. The minimum atomic E-state index is -0.378. The zero-order valence-electron chi connectivity index (χ0n) is 11.1. The van der Waals surface area contributed by atoms with E-state index in [-0.39, 0.29) is 11.9 Å². The molecule has 0 spiro atoms. The van der Waals surface area contributed by atoms with Gasteiger partial charge in [-0.15, -0.1) is 0 Å². The lowest BCUT2D eigenvalue weighted by Crippen LogP contribution is -2.11. The van der Waals surface area contributed by atoms with Gasteiger partial charge in [0.05, 0.1) is 6.26 Å². The molecule has 1 aromatic heterocycles. The maximum absolute atomic E-state index is 13.5.